The van der Waals surface area contributed by atoms with Crippen LogP contribution in [-0.4, -0.2) is 46.8 Å². The summed E-state index contributed by atoms with van der Waals surface area (Å²) in [5, 5.41) is 11.5. The van der Waals surface area contributed by atoms with E-state index in [1.54, 1.807) is 17.0 Å². The topological polar surface area (TPSA) is 59.0 Å². The fourth-order valence-corrected chi connectivity index (χ4v) is 4.10. The van der Waals surface area contributed by atoms with Crippen LogP contribution in [-0.2, 0) is 15.1 Å². The van der Waals surface area contributed by atoms with Gasteiger partial charge in [-0.25, -0.2) is 0 Å². The molecule has 3 aliphatic rings. The van der Waals surface area contributed by atoms with Crippen LogP contribution in [0.3, 0.4) is 0 Å². The second-order valence-corrected chi connectivity index (χ2v) is 6.98. The molecule has 5 heteroatoms. The van der Waals surface area contributed by atoms with Crippen LogP contribution in [0.1, 0.15) is 32.3 Å². The van der Waals surface area contributed by atoms with Crippen molar-refractivity contribution < 1.29 is 19.4 Å². The van der Waals surface area contributed by atoms with Gasteiger partial charge in [0.2, 0.25) is 5.60 Å². The summed E-state index contributed by atoms with van der Waals surface area (Å²) >= 11 is 0. The summed E-state index contributed by atoms with van der Waals surface area (Å²) in [5.41, 5.74) is -1.95. The van der Waals surface area contributed by atoms with Crippen molar-refractivity contribution in [2.45, 2.75) is 50.0 Å². The fourth-order valence-electron chi connectivity index (χ4n) is 4.10. The van der Waals surface area contributed by atoms with Crippen molar-refractivity contribution in [3.05, 3.63) is 29.8 Å². The van der Waals surface area contributed by atoms with E-state index >= 15 is 0 Å². The Morgan fingerprint density at radius 2 is 2.09 bits per heavy atom. The third kappa shape index (κ3) is 1.69. The number of carbonyl (C=O) groups excluding carboxylic acids is 1. The summed E-state index contributed by atoms with van der Waals surface area (Å²) in [6.45, 7) is 4.86. The molecule has 2 unspecified atom stereocenters. The monoisotopic (exact) mass is 303 g/mol. The number of fused-ring (bicyclic) bond motifs is 4. The Labute approximate surface area is 129 Å². The number of hydrogen-bond acceptors (Lipinski definition) is 4. The Kier molecular flexibility index (Phi) is 2.84. The Hall–Kier alpha value is -1.59. The van der Waals surface area contributed by atoms with Crippen LogP contribution in [0.25, 0.3) is 0 Å². The van der Waals surface area contributed by atoms with Crippen molar-refractivity contribution >= 4 is 5.91 Å². The summed E-state index contributed by atoms with van der Waals surface area (Å²) in [5.74, 6) is 0.308. The molecule has 0 bridgehead atoms. The van der Waals surface area contributed by atoms with Gasteiger partial charge in [-0.2, -0.15) is 0 Å². The highest BCUT2D eigenvalue weighted by molar-refractivity contribution is 5.89. The maximum atomic E-state index is 13.2. The molecule has 3 atom stereocenters. The smallest absolute Gasteiger partial charge is 0.262 e. The van der Waals surface area contributed by atoms with Crippen LogP contribution in [0, 0.1) is 0 Å². The van der Waals surface area contributed by atoms with Crippen LogP contribution in [0.2, 0.25) is 0 Å². The molecule has 0 saturated carbocycles. The van der Waals surface area contributed by atoms with E-state index in [9.17, 15) is 9.90 Å². The first-order chi connectivity index (χ1) is 10.4. The first kappa shape index (κ1) is 14.0. The highest BCUT2D eigenvalue weighted by Gasteiger charge is 2.62. The van der Waals surface area contributed by atoms with Crippen LogP contribution >= 0.6 is 0 Å². The van der Waals surface area contributed by atoms with Crippen LogP contribution in [0.4, 0.5) is 0 Å². The zero-order valence-corrected chi connectivity index (χ0v) is 12.9. The molecule has 1 amide bonds. The molecule has 2 saturated heterocycles. The second kappa shape index (κ2) is 4.46. The molecule has 22 heavy (non-hydrogen) atoms. The molecule has 0 radical (unpaired) electrons. The minimum absolute atomic E-state index is 0.0603. The lowest BCUT2D eigenvalue weighted by atomic mass is 9.76. The first-order valence-electron chi connectivity index (χ1n) is 7.88. The number of ether oxygens (including phenoxy) is 2. The molecular weight excluding hydrogens is 282 g/mol. The third-order valence-corrected chi connectivity index (χ3v) is 5.10. The Morgan fingerprint density at radius 1 is 1.32 bits per heavy atom. The molecule has 3 heterocycles. The first-order valence-corrected chi connectivity index (χ1v) is 7.88. The normalized spacial score (nSPS) is 36.0. The van der Waals surface area contributed by atoms with Crippen molar-refractivity contribution in [3.8, 4) is 5.75 Å². The Balaban J connectivity index is 1.91. The Morgan fingerprint density at radius 3 is 2.91 bits per heavy atom. The predicted octanol–water partition coefficient (Wildman–Crippen LogP) is 1.44. The Bertz CT molecular complexity index is 629. The number of carbonyl (C=O) groups is 1. The van der Waals surface area contributed by atoms with Crippen molar-refractivity contribution in [3.63, 3.8) is 0 Å². The average Bonchev–Trinajstić information content (AvgIpc) is 2.89. The lowest BCUT2D eigenvalue weighted by Gasteiger charge is -2.47. The fraction of sp³-hybridized carbons (Fsp3) is 0.588. The molecule has 2 fully saturated rings. The molecule has 0 aromatic heterocycles. The van der Waals surface area contributed by atoms with Gasteiger partial charge in [-0.05, 0) is 32.8 Å². The maximum Gasteiger partial charge on any atom is 0.262 e. The van der Waals surface area contributed by atoms with Crippen LogP contribution in [0.15, 0.2) is 24.3 Å². The van der Waals surface area contributed by atoms with Gasteiger partial charge in [-0.15, -0.1) is 0 Å². The molecule has 1 N–H and O–H groups in total. The number of aliphatic hydroxyl groups is 1. The highest BCUT2D eigenvalue weighted by Crippen LogP contribution is 2.48. The minimum atomic E-state index is -1.68. The van der Waals surface area contributed by atoms with Crippen LogP contribution < -0.4 is 4.74 Å². The average molecular weight is 303 g/mol. The molecule has 118 valence electrons. The van der Waals surface area contributed by atoms with Gasteiger partial charge in [-0.3, -0.25) is 4.79 Å². The molecule has 3 aliphatic heterocycles. The van der Waals surface area contributed by atoms with Gasteiger partial charge in [0.05, 0.1) is 12.6 Å². The number of benzene rings is 1. The van der Waals surface area contributed by atoms with E-state index in [1.807, 2.05) is 26.0 Å². The van der Waals surface area contributed by atoms with E-state index in [2.05, 4.69) is 0 Å². The number of nitrogens with zero attached hydrogens (tertiary/aromatic N) is 1. The predicted molar refractivity (Wildman–Crippen MR) is 79.5 cm³/mol. The van der Waals surface area contributed by atoms with Gasteiger partial charge < -0.3 is 19.5 Å². The van der Waals surface area contributed by atoms with Gasteiger partial charge in [0, 0.05) is 12.1 Å². The molecule has 4 rings (SSSR count). The lowest BCUT2D eigenvalue weighted by molar-refractivity contribution is -0.197. The number of rotatable bonds is 0. The van der Waals surface area contributed by atoms with Gasteiger partial charge in [0.25, 0.3) is 5.91 Å². The van der Waals surface area contributed by atoms with E-state index in [1.165, 1.54) is 0 Å². The molecule has 5 nitrogen and oxygen atoms in total. The number of amides is 1. The molecular formula is C17H21NO4. The largest absolute Gasteiger partial charge is 0.485 e. The molecule has 0 spiro atoms. The van der Waals surface area contributed by atoms with Crippen molar-refractivity contribution in [2.24, 2.45) is 0 Å². The number of hydrogen-bond donors (Lipinski definition) is 1. The molecule has 0 aliphatic carbocycles. The summed E-state index contributed by atoms with van der Waals surface area (Å²) < 4.78 is 12.1. The van der Waals surface area contributed by atoms with Crippen LogP contribution in [0.5, 0.6) is 5.75 Å². The third-order valence-electron chi connectivity index (χ3n) is 5.10. The van der Waals surface area contributed by atoms with E-state index in [0.717, 1.165) is 12.8 Å². The summed E-state index contributed by atoms with van der Waals surface area (Å²) in [4.78, 5) is 15.0. The standard InChI is InChI=1S/C17H21NO4/c1-16(2)14-17(20,12-7-3-4-8-13(12)22-16)15(19)18-9-5-6-11(18)10-21-14/h3-4,7-8,11,14,20H,5-6,9-10H2,1-2H3/t11-,14?,17?/m0/s1. The van der Waals surface area contributed by atoms with E-state index < -0.39 is 17.3 Å². The summed E-state index contributed by atoms with van der Waals surface area (Å²) in [6.07, 6.45) is 1.17. The molecule has 1 aromatic rings. The van der Waals surface area contributed by atoms with Crippen molar-refractivity contribution in [2.75, 3.05) is 13.2 Å². The maximum absolute atomic E-state index is 13.2. The quantitative estimate of drug-likeness (QED) is 0.788. The SMILES string of the molecule is CC1(C)Oc2ccccc2C2(O)C(=O)N3CCC[C@H]3COC12. The van der Waals surface area contributed by atoms with Crippen molar-refractivity contribution in [1.82, 2.24) is 4.90 Å². The van der Waals surface area contributed by atoms with E-state index in [4.69, 9.17) is 9.47 Å². The lowest BCUT2D eigenvalue weighted by Crippen LogP contribution is -2.63. The number of para-hydroxylation sites is 1. The summed E-state index contributed by atoms with van der Waals surface area (Å²) in [6, 6.07) is 7.28. The van der Waals surface area contributed by atoms with Gasteiger partial charge in [0.15, 0.2) is 0 Å². The van der Waals surface area contributed by atoms with E-state index in [0.29, 0.717) is 24.5 Å². The van der Waals surface area contributed by atoms with Gasteiger partial charge >= 0.3 is 0 Å². The van der Waals surface area contributed by atoms with Gasteiger partial charge in [-0.1, -0.05) is 18.2 Å². The second-order valence-electron chi connectivity index (χ2n) is 6.98. The highest BCUT2D eigenvalue weighted by atomic mass is 16.6. The minimum Gasteiger partial charge on any atom is -0.485 e. The summed E-state index contributed by atoms with van der Waals surface area (Å²) in [7, 11) is 0. The van der Waals surface area contributed by atoms with Gasteiger partial charge in [0.1, 0.15) is 17.5 Å². The zero-order valence-electron chi connectivity index (χ0n) is 12.9. The van der Waals surface area contributed by atoms with Crippen molar-refractivity contribution in [1.29, 1.82) is 0 Å². The van der Waals surface area contributed by atoms with E-state index in [-0.39, 0.29) is 11.9 Å². The zero-order chi connectivity index (χ0) is 15.5. The molecule has 1 aromatic carbocycles.